The van der Waals surface area contributed by atoms with Crippen LogP contribution in [0.25, 0.3) is 21.8 Å². The highest BCUT2D eigenvalue weighted by Gasteiger charge is 2.13. The number of rotatable bonds is 1. The molecule has 0 spiro atoms. The monoisotopic (exact) mass is 238 g/mol. The average Bonchev–Trinajstić information content (AvgIpc) is 2.70. The molecule has 0 radical (unpaired) electrons. The normalized spacial score (nSPS) is 11.3. The van der Waals surface area contributed by atoms with Crippen molar-refractivity contribution in [1.82, 2.24) is 4.68 Å². The summed E-state index contributed by atoms with van der Waals surface area (Å²) in [5.74, 6) is 0. The summed E-state index contributed by atoms with van der Waals surface area (Å²) in [6.07, 6.45) is 0. The second-order valence-electron chi connectivity index (χ2n) is 4.93. The lowest BCUT2D eigenvalue weighted by Gasteiger charge is -2.10. The van der Waals surface area contributed by atoms with Gasteiger partial charge in [-0.05, 0) is 37.5 Å². The van der Waals surface area contributed by atoms with Crippen LogP contribution in [-0.2, 0) is 0 Å². The van der Waals surface area contributed by atoms with Gasteiger partial charge in [0.05, 0.1) is 11.0 Å². The molecule has 2 aromatic carbocycles. The van der Waals surface area contributed by atoms with Gasteiger partial charge in [-0.1, -0.05) is 30.3 Å². The first-order valence-electron chi connectivity index (χ1n) is 6.33. The van der Waals surface area contributed by atoms with Gasteiger partial charge in [0.25, 0.3) is 0 Å². The minimum absolute atomic E-state index is 1.28. The van der Waals surface area contributed by atoms with E-state index in [1.807, 2.05) is 7.05 Å². The molecule has 92 valence electrons. The Kier molecular flexibility index (Phi) is 2.34. The van der Waals surface area contributed by atoms with Crippen LogP contribution in [0.2, 0.25) is 0 Å². The summed E-state index contributed by atoms with van der Waals surface area (Å²) < 4.78 is 2.21. The molecule has 0 aliphatic heterocycles. The Labute approximate surface area is 107 Å². The Morgan fingerprint density at radius 2 is 1.56 bits per heavy atom. The molecule has 0 aliphatic rings. The van der Waals surface area contributed by atoms with Crippen molar-refractivity contribution in [3.05, 3.63) is 47.0 Å². The van der Waals surface area contributed by atoms with E-state index < -0.39 is 0 Å². The lowest BCUT2D eigenvalue weighted by atomic mass is 10.0. The third-order valence-electron chi connectivity index (χ3n) is 3.90. The summed E-state index contributed by atoms with van der Waals surface area (Å²) in [6.45, 7) is 6.52. The predicted octanol–water partition coefficient (Wildman–Crippen LogP) is 3.89. The molecule has 0 saturated carbocycles. The Morgan fingerprint density at radius 3 is 2.28 bits per heavy atom. The summed E-state index contributed by atoms with van der Waals surface area (Å²) in [5, 5.41) is 2.65. The maximum absolute atomic E-state index is 3.32. The fraction of sp³-hybridized carbons (Fsp3) is 0.250. The highest BCUT2D eigenvalue weighted by molar-refractivity contribution is 6.10. The van der Waals surface area contributed by atoms with Crippen molar-refractivity contribution in [2.24, 2.45) is 0 Å². The highest BCUT2D eigenvalue weighted by atomic mass is 15.4. The van der Waals surface area contributed by atoms with Crippen LogP contribution in [0.4, 0.5) is 0 Å². The van der Waals surface area contributed by atoms with Gasteiger partial charge in [-0.2, -0.15) is 0 Å². The van der Waals surface area contributed by atoms with E-state index in [1.54, 1.807) is 0 Å². The lowest BCUT2D eigenvalue weighted by molar-refractivity contribution is 1.00. The Balaban J connectivity index is 2.66. The number of benzene rings is 2. The number of aryl methyl sites for hydroxylation is 3. The number of aromatic nitrogens is 1. The largest absolute Gasteiger partial charge is 0.328 e. The van der Waals surface area contributed by atoms with Gasteiger partial charge < -0.3 is 5.43 Å². The molecule has 0 amide bonds. The lowest BCUT2D eigenvalue weighted by Crippen LogP contribution is -2.09. The van der Waals surface area contributed by atoms with Crippen LogP contribution >= 0.6 is 0 Å². The smallest absolute Gasteiger partial charge is 0.0737 e. The van der Waals surface area contributed by atoms with E-state index in [-0.39, 0.29) is 0 Å². The molecule has 0 bridgehead atoms. The van der Waals surface area contributed by atoms with E-state index in [2.05, 4.69) is 61.2 Å². The molecule has 0 fully saturated rings. The molecule has 1 heterocycles. The summed E-state index contributed by atoms with van der Waals surface area (Å²) in [4.78, 5) is 0. The van der Waals surface area contributed by atoms with Gasteiger partial charge in [0, 0.05) is 17.8 Å². The van der Waals surface area contributed by atoms with Crippen LogP contribution in [0.1, 0.15) is 16.7 Å². The molecule has 1 N–H and O–H groups in total. The minimum Gasteiger partial charge on any atom is -0.328 e. The van der Waals surface area contributed by atoms with Gasteiger partial charge in [-0.15, -0.1) is 0 Å². The van der Waals surface area contributed by atoms with Crippen molar-refractivity contribution in [1.29, 1.82) is 0 Å². The van der Waals surface area contributed by atoms with Crippen LogP contribution in [-0.4, -0.2) is 11.7 Å². The molecule has 2 nitrogen and oxygen atoms in total. The molecular formula is C16H18N2. The van der Waals surface area contributed by atoms with E-state index in [4.69, 9.17) is 0 Å². The van der Waals surface area contributed by atoms with Crippen molar-refractivity contribution in [2.45, 2.75) is 20.8 Å². The molecule has 1 aromatic heterocycles. The van der Waals surface area contributed by atoms with Crippen LogP contribution in [0, 0.1) is 20.8 Å². The highest BCUT2D eigenvalue weighted by Crippen LogP contribution is 2.32. The minimum atomic E-state index is 1.28. The zero-order valence-corrected chi connectivity index (χ0v) is 11.3. The summed E-state index contributed by atoms with van der Waals surface area (Å²) >= 11 is 0. The topological polar surface area (TPSA) is 17.0 Å². The van der Waals surface area contributed by atoms with E-state index in [1.165, 1.54) is 38.5 Å². The molecule has 3 aromatic rings. The first kappa shape index (κ1) is 11.1. The van der Waals surface area contributed by atoms with Crippen molar-refractivity contribution in [3.63, 3.8) is 0 Å². The molecule has 2 heteroatoms. The summed E-state index contributed by atoms with van der Waals surface area (Å²) in [5.41, 5.74) is 9.87. The molecule has 3 rings (SSSR count). The number of hydrogen-bond acceptors (Lipinski definition) is 1. The molecule has 0 aliphatic carbocycles. The van der Waals surface area contributed by atoms with Crippen molar-refractivity contribution >= 4 is 21.8 Å². The maximum atomic E-state index is 3.32. The molecule has 18 heavy (non-hydrogen) atoms. The van der Waals surface area contributed by atoms with Crippen LogP contribution in [0.5, 0.6) is 0 Å². The third-order valence-corrected chi connectivity index (χ3v) is 3.90. The van der Waals surface area contributed by atoms with Gasteiger partial charge >= 0.3 is 0 Å². The van der Waals surface area contributed by atoms with Crippen LogP contribution in [0.3, 0.4) is 0 Å². The summed E-state index contributed by atoms with van der Waals surface area (Å²) in [7, 11) is 1.98. The maximum Gasteiger partial charge on any atom is 0.0737 e. The fourth-order valence-corrected chi connectivity index (χ4v) is 2.82. The second kappa shape index (κ2) is 3.77. The zero-order valence-electron chi connectivity index (χ0n) is 11.3. The van der Waals surface area contributed by atoms with Gasteiger partial charge in [0.2, 0.25) is 0 Å². The first-order valence-corrected chi connectivity index (χ1v) is 6.33. The fourth-order valence-electron chi connectivity index (χ4n) is 2.82. The Bertz CT molecular complexity index is 751. The van der Waals surface area contributed by atoms with Crippen molar-refractivity contribution in [3.8, 4) is 0 Å². The van der Waals surface area contributed by atoms with Gasteiger partial charge in [0.15, 0.2) is 0 Å². The van der Waals surface area contributed by atoms with E-state index in [0.29, 0.717) is 0 Å². The predicted molar refractivity (Wildman–Crippen MR) is 78.9 cm³/mol. The van der Waals surface area contributed by atoms with E-state index >= 15 is 0 Å². The standard InChI is InChI=1S/C16H18N2/c1-10-8-9-14-13-7-5-6-11(2)15(13)18(17-4)16(14)12(10)3/h5-9,17H,1-4H3. The van der Waals surface area contributed by atoms with Crippen molar-refractivity contribution in [2.75, 3.05) is 12.5 Å². The number of fused-ring (bicyclic) bond motifs is 3. The summed E-state index contributed by atoms with van der Waals surface area (Å²) in [6, 6.07) is 10.9. The van der Waals surface area contributed by atoms with E-state index in [0.717, 1.165) is 0 Å². The third kappa shape index (κ3) is 1.29. The molecule has 0 unspecified atom stereocenters. The van der Waals surface area contributed by atoms with Crippen LogP contribution in [0.15, 0.2) is 30.3 Å². The van der Waals surface area contributed by atoms with Gasteiger partial charge in [0.1, 0.15) is 0 Å². The number of hydrogen-bond donors (Lipinski definition) is 1. The SMILES string of the molecule is CNn1c2c(C)cccc2c2ccc(C)c(C)c21. The molecule has 0 atom stereocenters. The first-order chi connectivity index (χ1) is 8.65. The number of para-hydroxylation sites is 1. The number of nitrogens with zero attached hydrogens (tertiary/aromatic N) is 1. The average molecular weight is 238 g/mol. The van der Waals surface area contributed by atoms with Crippen molar-refractivity contribution < 1.29 is 0 Å². The Hall–Kier alpha value is -1.96. The second-order valence-corrected chi connectivity index (χ2v) is 4.93. The zero-order chi connectivity index (χ0) is 12.9. The Morgan fingerprint density at radius 1 is 0.833 bits per heavy atom. The van der Waals surface area contributed by atoms with Crippen LogP contribution < -0.4 is 5.43 Å². The quantitative estimate of drug-likeness (QED) is 0.680. The van der Waals surface area contributed by atoms with Gasteiger partial charge in [-0.25, -0.2) is 0 Å². The molecular weight excluding hydrogens is 220 g/mol. The molecule has 0 saturated heterocycles. The number of nitrogens with one attached hydrogen (secondary N) is 1. The van der Waals surface area contributed by atoms with E-state index in [9.17, 15) is 0 Å². The van der Waals surface area contributed by atoms with Gasteiger partial charge in [-0.3, -0.25) is 4.68 Å².